The third-order valence-electron chi connectivity index (χ3n) is 4.66. The molecule has 0 saturated heterocycles. The minimum absolute atomic E-state index is 0. The first-order valence-electron chi connectivity index (χ1n) is 9.98. The second-order valence-electron chi connectivity index (χ2n) is 7.16. The molecule has 0 amide bonds. The van der Waals surface area contributed by atoms with Gasteiger partial charge in [0.15, 0.2) is 0 Å². The molecule has 0 unspecified atom stereocenters. The van der Waals surface area contributed by atoms with Crippen molar-refractivity contribution in [2.45, 2.75) is 90.5 Å². The maximum atomic E-state index is 12.0. The van der Waals surface area contributed by atoms with E-state index in [1.807, 2.05) is 10.8 Å². The Morgan fingerprint density at radius 1 is 0.846 bits per heavy atom. The molecule has 0 aliphatic carbocycles. The molecule has 0 N–H and O–H groups in total. The average molecular weight is 408 g/mol. The quantitative estimate of drug-likeness (QED) is 0.323. The minimum atomic E-state index is -3.38. The lowest BCUT2D eigenvalue weighted by atomic mass is 10.1. The molecule has 0 spiro atoms. The number of hydrogen-bond acceptors (Lipinski definition) is 2. The number of rotatable bonds is 15. The summed E-state index contributed by atoms with van der Waals surface area (Å²) in [6, 6.07) is 0. The smallest absolute Gasteiger partial charge is 0.379 e. The normalized spacial score (nSPS) is 11.7. The van der Waals surface area contributed by atoms with Gasteiger partial charge in [0.2, 0.25) is 0 Å². The maximum absolute atomic E-state index is 12.0. The first-order valence-corrected chi connectivity index (χ1v) is 11.4. The molecule has 0 aromatic carbocycles. The van der Waals surface area contributed by atoms with E-state index in [9.17, 15) is 8.42 Å². The molecule has 26 heavy (non-hydrogen) atoms. The number of hydrogen-bond donors (Lipinski definition) is 0. The van der Waals surface area contributed by atoms with Gasteiger partial charge in [-0.15, -0.1) is 3.97 Å². The number of aryl methyl sites for hydroxylation is 1. The Bertz CT molecular complexity index is 559. The molecule has 0 radical (unpaired) electrons. The van der Waals surface area contributed by atoms with Crippen LogP contribution in [0.15, 0.2) is 18.7 Å². The van der Waals surface area contributed by atoms with Crippen LogP contribution in [0.3, 0.4) is 0 Å². The average Bonchev–Trinajstić information content (AvgIpc) is 3.05. The molecule has 0 aliphatic rings. The summed E-state index contributed by atoms with van der Waals surface area (Å²) in [6.45, 7) is 3.15. The highest BCUT2D eigenvalue weighted by Crippen LogP contribution is 2.11. The highest BCUT2D eigenvalue weighted by atomic mass is 35.5. The Morgan fingerprint density at radius 2 is 1.31 bits per heavy atom. The molecular weight excluding hydrogens is 370 g/mol. The van der Waals surface area contributed by atoms with Gasteiger partial charge >= 0.3 is 10.2 Å². The van der Waals surface area contributed by atoms with Crippen LogP contribution in [-0.2, 0) is 16.8 Å². The van der Waals surface area contributed by atoms with Gasteiger partial charge in [0.25, 0.3) is 6.33 Å². The summed E-state index contributed by atoms with van der Waals surface area (Å²) in [5.41, 5.74) is 0. The van der Waals surface area contributed by atoms with Crippen LogP contribution >= 0.6 is 0 Å². The molecular formula is C19H38ClN3O2S. The van der Waals surface area contributed by atoms with Crippen molar-refractivity contribution >= 4 is 10.2 Å². The summed E-state index contributed by atoms with van der Waals surface area (Å²) in [5.74, 6) is 0. The Hall–Kier alpha value is -0.590. The van der Waals surface area contributed by atoms with Gasteiger partial charge in [0.05, 0.1) is 6.54 Å². The third-order valence-corrected chi connectivity index (χ3v) is 6.34. The van der Waals surface area contributed by atoms with Crippen molar-refractivity contribution in [1.82, 2.24) is 8.28 Å². The fourth-order valence-electron chi connectivity index (χ4n) is 2.97. The van der Waals surface area contributed by atoms with Gasteiger partial charge in [-0.2, -0.15) is 12.7 Å². The van der Waals surface area contributed by atoms with Gasteiger partial charge in [0, 0.05) is 14.1 Å². The van der Waals surface area contributed by atoms with Crippen molar-refractivity contribution in [3.63, 3.8) is 0 Å². The van der Waals surface area contributed by atoms with Crippen molar-refractivity contribution in [2.24, 2.45) is 0 Å². The molecule has 0 fully saturated rings. The third kappa shape index (κ3) is 9.93. The summed E-state index contributed by atoms with van der Waals surface area (Å²) in [7, 11) is -0.290. The predicted octanol–water partition coefficient (Wildman–Crippen LogP) is 1.14. The molecule has 1 aromatic rings. The monoisotopic (exact) mass is 407 g/mol. The standard InChI is InChI=1S/C19H38N3O2S.ClH/c1-4-5-6-7-8-9-10-11-12-13-14-15-16-21-17-18-22(19-21)25(23,24)20(2)3;/h17-19H,4-16H2,1-3H3;1H/q+1;/p-1. The topological polar surface area (TPSA) is 46.2 Å². The van der Waals surface area contributed by atoms with E-state index in [0.717, 1.165) is 13.0 Å². The second kappa shape index (κ2) is 14.5. The van der Waals surface area contributed by atoms with E-state index in [1.54, 1.807) is 26.6 Å². The number of nitrogens with zero attached hydrogens (tertiary/aromatic N) is 3. The fraction of sp³-hybridized carbons (Fsp3) is 0.842. The van der Waals surface area contributed by atoms with Gasteiger partial charge in [-0.05, 0) is 12.8 Å². The van der Waals surface area contributed by atoms with Crippen molar-refractivity contribution in [2.75, 3.05) is 14.1 Å². The van der Waals surface area contributed by atoms with Crippen molar-refractivity contribution in [3.05, 3.63) is 18.7 Å². The summed E-state index contributed by atoms with van der Waals surface area (Å²) < 4.78 is 28.4. The number of aromatic nitrogens is 2. The highest BCUT2D eigenvalue weighted by molar-refractivity contribution is 7.87. The molecule has 0 aliphatic heterocycles. The molecule has 0 bridgehead atoms. The fourth-order valence-corrected chi connectivity index (χ4v) is 3.79. The number of unbranched alkanes of at least 4 members (excludes halogenated alkanes) is 11. The van der Waals surface area contributed by atoms with Gasteiger partial charge < -0.3 is 12.4 Å². The van der Waals surface area contributed by atoms with E-state index >= 15 is 0 Å². The van der Waals surface area contributed by atoms with Crippen molar-refractivity contribution in [1.29, 1.82) is 0 Å². The highest BCUT2D eigenvalue weighted by Gasteiger charge is 2.22. The van der Waals surface area contributed by atoms with Crippen LogP contribution in [0, 0.1) is 0 Å². The van der Waals surface area contributed by atoms with Crippen LogP contribution in [0.25, 0.3) is 0 Å². The molecule has 154 valence electrons. The molecule has 0 saturated carbocycles. The molecule has 7 heteroatoms. The minimum Gasteiger partial charge on any atom is -1.00 e. The zero-order valence-electron chi connectivity index (χ0n) is 16.9. The van der Waals surface area contributed by atoms with Crippen LogP contribution in [0.2, 0.25) is 0 Å². The van der Waals surface area contributed by atoms with Crippen molar-refractivity contribution in [3.8, 4) is 0 Å². The van der Waals surface area contributed by atoms with Crippen LogP contribution in [0.4, 0.5) is 0 Å². The summed E-state index contributed by atoms with van der Waals surface area (Å²) >= 11 is 0. The second-order valence-corrected chi connectivity index (χ2v) is 9.21. The molecule has 0 atom stereocenters. The predicted molar refractivity (Wildman–Crippen MR) is 104 cm³/mol. The van der Waals surface area contributed by atoms with E-state index in [4.69, 9.17) is 0 Å². The van der Waals surface area contributed by atoms with E-state index < -0.39 is 10.2 Å². The van der Waals surface area contributed by atoms with Crippen LogP contribution in [-0.4, -0.2) is 30.8 Å². The SMILES string of the molecule is CCCCCCCCCCCCCC[n+]1ccn(S(=O)(=O)N(C)C)c1.[Cl-]. The Kier molecular flexibility index (Phi) is 14.1. The van der Waals surface area contributed by atoms with Gasteiger partial charge in [-0.3, -0.25) is 0 Å². The van der Waals surface area contributed by atoms with Gasteiger partial charge in [-0.25, -0.2) is 4.57 Å². The maximum Gasteiger partial charge on any atom is 0.379 e. The zero-order valence-corrected chi connectivity index (χ0v) is 18.4. The van der Waals surface area contributed by atoms with E-state index in [2.05, 4.69) is 6.92 Å². The van der Waals surface area contributed by atoms with Crippen LogP contribution < -0.4 is 17.0 Å². The summed E-state index contributed by atoms with van der Waals surface area (Å²) in [5, 5.41) is 0. The molecule has 1 heterocycles. The lowest BCUT2D eigenvalue weighted by Gasteiger charge is -2.05. The Balaban J connectivity index is 0.00000625. The van der Waals surface area contributed by atoms with E-state index in [0.29, 0.717) is 0 Å². The zero-order chi connectivity index (χ0) is 18.5. The van der Waals surface area contributed by atoms with Crippen LogP contribution in [0.5, 0.6) is 0 Å². The van der Waals surface area contributed by atoms with Crippen molar-refractivity contribution < 1.29 is 25.4 Å². The number of halogens is 1. The van der Waals surface area contributed by atoms with E-state index in [-0.39, 0.29) is 12.4 Å². The lowest BCUT2D eigenvalue weighted by molar-refractivity contribution is -0.696. The molecule has 5 nitrogen and oxygen atoms in total. The summed E-state index contributed by atoms with van der Waals surface area (Å²) in [4.78, 5) is 0. The van der Waals surface area contributed by atoms with E-state index in [1.165, 1.54) is 78.9 Å². The number of imidazole rings is 1. The summed E-state index contributed by atoms with van der Waals surface area (Å²) in [6.07, 6.45) is 21.1. The first-order chi connectivity index (χ1) is 12.0. The van der Waals surface area contributed by atoms with Crippen LogP contribution in [0.1, 0.15) is 84.0 Å². The molecule has 1 aromatic heterocycles. The first kappa shape index (κ1) is 25.4. The Morgan fingerprint density at radius 3 is 1.77 bits per heavy atom. The van der Waals surface area contributed by atoms with Gasteiger partial charge in [0.1, 0.15) is 12.4 Å². The Labute approximate surface area is 167 Å². The lowest BCUT2D eigenvalue weighted by Crippen LogP contribution is -3.00. The molecule has 1 rings (SSSR count). The largest absolute Gasteiger partial charge is 1.00 e. The van der Waals surface area contributed by atoms with Gasteiger partial charge in [-0.1, -0.05) is 71.1 Å².